The molecule has 1 heterocycles. The summed E-state index contributed by atoms with van der Waals surface area (Å²) in [7, 11) is 0. The van der Waals surface area contributed by atoms with E-state index < -0.39 is 0 Å². The first-order valence-corrected chi connectivity index (χ1v) is 4.44. The van der Waals surface area contributed by atoms with Gasteiger partial charge in [0.25, 0.3) is 0 Å². The van der Waals surface area contributed by atoms with Crippen molar-refractivity contribution < 1.29 is 20.4 Å². The van der Waals surface area contributed by atoms with Gasteiger partial charge in [-0.05, 0) is 25.5 Å². The monoisotopic (exact) mass is 281 g/mol. The zero-order valence-electron chi connectivity index (χ0n) is 8.54. The summed E-state index contributed by atoms with van der Waals surface area (Å²) in [4.78, 5) is 4.41. The first kappa shape index (κ1) is 13.4. The molecule has 1 aliphatic heterocycles. The molecule has 14 heavy (non-hydrogen) atoms. The standard InChI is InChI=1S/C11H15N2.Pd/c1-4-10-6-9(7-12)11(13-10)5-8(2)3;/h7H,2,4-5,12H2,1,3H3;/q-1;. The number of aliphatic imine (C=N–C) groups is 1. The van der Waals surface area contributed by atoms with E-state index in [2.05, 4.69) is 24.6 Å². The molecule has 0 saturated carbocycles. The molecule has 0 fully saturated rings. The van der Waals surface area contributed by atoms with Crippen molar-refractivity contribution in [1.29, 1.82) is 0 Å². The molecule has 0 aromatic heterocycles. The quantitative estimate of drug-likeness (QED) is 0.481. The van der Waals surface area contributed by atoms with Crippen molar-refractivity contribution in [3.05, 3.63) is 35.7 Å². The fraction of sp³-hybridized carbons (Fsp3) is 0.364. The number of nitrogens with zero attached hydrogens (tertiary/aromatic N) is 1. The molecule has 0 amide bonds. The minimum atomic E-state index is 0. The van der Waals surface area contributed by atoms with E-state index >= 15 is 0 Å². The Balaban J connectivity index is 0.00000169. The van der Waals surface area contributed by atoms with Crippen LogP contribution in [0.2, 0.25) is 0 Å². The van der Waals surface area contributed by atoms with Crippen molar-refractivity contribution in [2.45, 2.75) is 26.7 Å². The zero-order chi connectivity index (χ0) is 9.84. The normalized spacial score (nSPS) is 17.4. The Morgan fingerprint density at radius 2 is 2.29 bits per heavy atom. The van der Waals surface area contributed by atoms with E-state index in [9.17, 15) is 0 Å². The van der Waals surface area contributed by atoms with Crippen LogP contribution in [0.15, 0.2) is 34.6 Å². The second-order valence-corrected chi connectivity index (χ2v) is 3.20. The number of nitrogens with two attached hydrogens (primary N) is 1. The molecule has 2 nitrogen and oxygen atoms in total. The second kappa shape index (κ2) is 5.95. The van der Waals surface area contributed by atoms with Crippen LogP contribution in [0, 0.1) is 6.08 Å². The maximum atomic E-state index is 5.47. The Morgan fingerprint density at radius 1 is 1.64 bits per heavy atom. The van der Waals surface area contributed by atoms with Crippen LogP contribution in [0.5, 0.6) is 0 Å². The topological polar surface area (TPSA) is 38.4 Å². The molecule has 0 radical (unpaired) electrons. The van der Waals surface area contributed by atoms with Gasteiger partial charge in [0.15, 0.2) is 0 Å². The van der Waals surface area contributed by atoms with Crippen molar-refractivity contribution in [3.8, 4) is 0 Å². The molecule has 2 N–H and O–H groups in total. The third kappa shape index (κ3) is 3.25. The van der Waals surface area contributed by atoms with Gasteiger partial charge in [0.2, 0.25) is 0 Å². The van der Waals surface area contributed by atoms with E-state index in [1.807, 2.05) is 6.92 Å². The van der Waals surface area contributed by atoms with Gasteiger partial charge in [-0.25, -0.2) is 0 Å². The Kier molecular flexibility index (Phi) is 5.68. The molecule has 0 aromatic rings. The molecule has 0 saturated heterocycles. The van der Waals surface area contributed by atoms with Crippen LogP contribution in [0.25, 0.3) is 0 Å². The van der Waals surface area contributed by atoms with Crippen molar-refractivity contribution in [2.75, 3.05) is 0 Å². The smallest absolute Gasteiger partial charge is 0 e. The van der Waals surface area contributed by atoms with Crippen LogP contribution >= 0.6 is 0 Å². The zero-order valence-corrected chi connectivity index (χ0v) is 10.1. The van der Waals surface area contributed by atoms with Gasteiger partial charge in [-0.1, -0.05) is 18.2 Å². The summed E-state index contributed by atoms with van der Waals surface area (Å²) in [5.74, 6) is 0. The second-order valence-electron chi connectivity index (χ2n) is 3.20. The van der Waals surface area contributed by atoms with Gasteiger partial charge in [0.05, 0.1) is 0 Å². The number of hydrogen-bond acceptors (Lipinski definition) is 2. The molecule has 3 heteroatoms. The Morgan fingerprint density at radius 3 is 2.71 bits per heavy atom. The average Bonchev–Trinajstić information content (AvgIpc) is 2.46. The number of hydrogen-bond donors (Lipinski definition) is 1. The Bertz CT molecular complexity index is 311. The number of allylic oxidation sites excluding steroid dienone is 4. The summed E-state index contributed by atoms with van der Waals surface area (Å²) in [5, 5.41) is 0. The fourth-order valence-electron chi connectivity index (χ4n) is 1.20. The van der Waals surface area contributed by atoms with E-state index in [1.54, 1.807) is 6.20 Å². The Hall–Kier alpha value is -0.648. The molecule has 80 valence electrons. The first-order valence-electron chi connectivity index (χ1n) is 4.44. The maximum Gasteiger partial charge on any atom is 0 e. The Labute approximate surface area is 99.3 Å². The van der Waals surface area contributed by atoms with E-state index in [-0.39, 0.29) is 20.4 Å². The summed E-state index contributed by atoms with van der Waals surface area (Å²) in [6, 6.07) is 0. The maximum absolute atomic E-state index is 5.47. The van der Waals surface area contributed by atoms with Crippen LogP contribution in [-0.2, 0) is 20.4 Å². The summed E-state index contributed by atoms with van der Waals surface area (Å²) >= 11 is 0. The minimum absolute atomic E-state index is 0. The van der Waals surface area contributed by atoms with E-state index in [0.29, 0.717) is 0 Å². The molecule has 1 rings (SSSR count). The van der Waals surface area contributed by atoms with Gasteiger partial charge in [-0.2, -0.15) is 11.6 Å². The molecule has 0 aromatic carbocycles. The van der Waals surface area contributed by atoms with Crippen molar-refractivity contribution in [3.63, 3.8) is 0 Å². The van der Waals surface area contributed by atoms with Gasteiger partial charge in [-0.3, -0.25) is 0 Å². The first-order chi connectivity index (χ1) is 6.17. The van der Waals surface area contributed by atoms with Gasteiger partial charge in [0, 0.05) is 20.4 Å². The van der Waals surface area contributed by atoms with Gasteiger partial charge < -0.3 is 10.7 Å². The summed E-state index contributed by atoms with van der Waals surface area (Å²) in [5.41, 5.74) is 9.45. The van der Waals surface area contributed by atoms with Crippen molar-refractivity contribution in [2.24, 2.45) is 10.7 Å². The van der Waals surface area contributed by atoms with Gasteiger partial charge in [0.1, 0.15) is 0 Å². The van der Waals surface area contributed by atoms with Crippen molar-refractivity contribution >= 4 is 5.71 Å². The summed E-state index contributed by atoms with van der Waals surface area (Å²) in [6.07, 6.45) is 6.40. The molecular weight excluding hydrogens is 267 g/mol. The number of rotatable bonds is 3. The van der Waals surface area contributed by atoms with E-state index in [4.69, 9.17) is 5.73 Å². The minimum Gasteiger partial charge on any atom is -0.455 e. The van der Waals surface area contributed by atoms with Gasteiger partial charge >= 0.3 is 0 Å². The molecule has 1 aliphatic rings. The third-order valence-corrected chi connectivity index (χ3v) is 1.83. The van der Waals surface area contributed by atoms with E-state index in [1.165, 1.54) is 0 Å². The van der Waals surface area contributed by atoms with Crippen LogP contribution in [0.4, 0.5) is 0 Å². The van der Waals surface area contributed by atoms with Crippen LogP contribution in [-0.4, -0.2) is 5.71 Å². The summed E-state index contributed by atoms with van der Waals surface area (Å²) in [6.45, 7) is 7.90. The third-order valence-electron chi connectivity index (χ3n) is 1.83. The van der Waals surface area contributed by atoms with Crippen molar-refractivity contribution in [1.82, 2.24) is 0 Å². The predicted octanol–water partition coefficient (Wildman–Crippen LogP) is 2.34. The van der Waals surface area contributed by atoms with Gasteiger partial charge in [-0.15, -0.1) is 12.8 Å². The molecule has 0 bridgehead atoms. The van der Waals surface area contributed by atoms with Crippen LogP contribution in [0.3, 0.4) is 0 Å². The SMILES string of the molecule is C=C(C)CC1=NC(CC)=[C-]C1=CN.[Pd]. The molecule has 0 unspecified atom stereocenters. The summed E-state index contributed by atoms with van der Waals surface area (Å²) < 4.78 is 0. The van der Waals surface area contributed by atoms with Crippen LogP contribution < -0.4 is 5.73 Å². The largest absolute Gasteiger partial charge is 0.455 e. The average molecular weight is 282 g/mol. The molecular formula is C11H15N2Pd-. The fourth-order valence-corrected chi connectivity index (χ4v) is 1.20. The molecule has 0 spiro atoms. The molecule has 0 aliphatic carbocycles. The predicted molar refractivity (Wildman–Crippen MR) is 56.2 cm³/mol. The molecule has 0 atom stereocenters. The van der Waals surface area contributed by atoms with Crippen LogP contribution in [0.1, 0.15) is 26.7 Å². The van der Waals surface area contributed by atoms with E-state index in [0.717, 1.165) is 35.4 Å².